The predicted octanol–water partition coefficient (Wildman–Crippen LogP) is 0.738. The van der Waals surface area contributed by atoms with Crippen LogP contribution in [0.3, 0.4) is 0 Å². The number of carbonyl (C=O) groups excluding carboxylic acids is 1. The lowest BCUT2D eigenvalue weighted by molar-refractivity contribution is -0.135. The third-order valence-corrected chi connectivity index (χ3v) is 9.14. The summed E-state index contributed by atoms with van der Waals surface area (Å²) >= 11 is 7.82. The highest BCUT2D eigenvalue weighted by Crippen LogP contribution is 2.33. The summed E-state index contributed by atoms with van der Waals surface area (Å²) in [6.07, 6.45) is 0.177. The summed E-state index contributed by atoms with van der Waals surface area (Å²) in [5.74, 6) is -3.21. The van der Waals surface area contributed by atoms with Gasteiger partial charge in [0.15, 0.2) is 10.5 Å². The van der Waals surface area contributed by atoms with Crippen LogP contribution in [-0.4, -0.2) is 57.3 Å². The normalized spacial score (nSPS) is 14.5. The molecule has 0 aliphatic carbocycles. The monoisotopic (exact) mass is 504 g/mol. The van der Waals surface area contributed by atoms with Crippen LogP contribution in [0.5, 0.6) is 5.88 Å². The maximum atomic E-state index is 12.9. The number of aromatic nitrogens is 2. The van der Waals surface area contributed by atoms with Crippen LogP contribution in [0.15, 0.2) is 21.1 Å². The number of carboxylic acid groups (broad SMARTS) is 1. The van der Waals surface area contributed by atoms with Gasteiger partial charge >= 0.3 is 5.97 Å². The van der Waals surface area contributed by atoms with Crippen LogP contribution in [0.2, 0.25) is 4.34 Å². The number of nitrogens with zero attached hydrogens (tertiary/aromatic N) is 3. The lowest BCUT2D eigenvalue weighted by Crippen LogP contribution is -2.37. The molecule has 0 spiro atoms. The van der Waals surface area contributed by atoms with Gasteiger partial charge in [0.05, 0.1) is 10.9 Å². The van der Waals surface area contributed by atoms with Gasteiger partial charge in [-0.3, -0.25) is 18.8 Å². The number of aromatic hydroxyl groups is 1. The van der Waals surface area contributed by atoms with Crippen molar-refractivity contribution < 1.29 is 28.2 Å². The van der Waals surface area contributed by atoms with Crippen molar-refractivity contribution in [1.82, 2.24) is 19.0 Å². The highest BCUT2D eigenvalue weighted by atomic mass is 35.5. The minimum Gasteiger partial charge on any atom is -0.492 e. The molecule has 0 radical (unpaired) electrons. The standard InChI is InChI=1S/C16H13ClN4O7S3/c17-9-1-2-11(30-9)31(27,28)20-4-3-7-8(6-20)29-16-19-14(25)12(15(26)21(7)16)13(24)18-5-10(22)23/h1-2,25H,3-6H2,(H,18,24)(H,22,23). The Hall–Kier alpha value is -2.52. The molecule has 0 atom stereocenters. The van der Waals surface area contributed by atoms with Crippen LogP contribution >= 0.6 is 34.3 Å². The van der Waals surface area contributed by atoms with Gasteiger partial charge in [-0.05, 0) is 12.1 Å². The topological polar surface area (TPSA) is 158 Å². The number of carboxylic acids is 1. The number of nitrogens with one attached hydrogen (secondary N) is 1. The number of carbonyl (C=O) groups is 2. The van der Waals surface area contributed by atoms with E-state index in [4.69, 9.17) is 16.7 Å². The molecule has 4 heterocycles. The van der Waals surface area contributed by atoms with Gasteiger partial charge in [0, 0.05) is 23.5 Å². The first-order valence-electron chi connectivity index (χ1n) is 8.61. The van der Waals surface area contributed by atoms with Gasteiger partial charge in [-0.15, -0.1) is 11.3 Å². The molecular formula is C16H13ClN4O7S3. The van der Waals surface area contributed by atoms with E-state index < -0.39 is 45.4 Å². The zero-order chi connectivity index (χ0) is 22.5. The summed E-state index contributed by atoms with van der Waals surface area (Å²) in [6.45, 7) is -0.659. The smallest absolute Gasteiger partial charge is 0.322 e. The molecule has 0 saturated heterocycles. The summed E-state index contributed by atoms with van der Waals surface area (Å²) in [6, 6.07) is 2.92. The third-order valence-electron chi connectivity index (χ3n) is 4.53. The molecule has 0 bridgehead atoms. The molecule has 1 aliphatic heterocycles. The molecule has 11 nitrogen and oxygen atoms in total. The fraction of sp³-hybridized carbons (Fsp3) is 0.250. The van der Waals surface area contributed by atoms with E-state index in [-0.39, 0.29) is 28.7 Å². The molecule has 3 aromatic heterocycles. The van der Waals surface area contributed by atoms with Gasteiger partial charge in [0.25, 0.3) is 21.5 Å². The number of thiazole rings is 1. The summed E-state index contributed by atoms with van der Waals surface area (Å²) in [5.41, 5.74) is -1.05. The van der Waals surface area contributed by atoms with E-state index in [9.17, 15) is 27.9 Å². The van der Waals surface area contributed by atoms with E-state index in [1.54, 1.807) is 0 Å². The van der Waals surface area contributed by atoms with Crippen LogP contribution in [-0.2, 0) is 27.8 Å². The summed E-state index contributed by atoms with van der Waals surface area (Å²) in [7, 11) is -3.78. The number of hydrogen-bond acceptors (Lipinski definition) is 9. The molecule has 3 N–H and O–H groups in total. The first-order valence-corrected chi connectivity index (χ1v) is 12.1. The lowest BCUT2D eigenvalue weighted by Gasteiger charge is -2.25. The average molecular weight is 505 g/mol. The number of halogens is 1. The fourth-order valence-electron chi connectivity index (χ4n) is 3.15. The Morgan fingerprint density at radius 2 is 2.03 bits per heavy atom. The van der Waals surface area contributed by atoms with Crippen LogP contribution < -0.4 is 10.9 Å². The fourth-order valence-corrected chi connectivity index (χ4v) is 7.44. The highest BCUT2D eigenvalue weighted by molar-refractivity contribution is 7.91. The zero-order valence-electron chi connectivity index (χ0n) is 15.4. The molecular weight excluding hydrogens is 492 g/mol. The van der Waals surface area contributed by atoms with E-state index in [0.717, 1.165) is 27.1 Å². The Bertz CT molecular complexity index is 1390. The first kappa shape index (κ1) is 21.7. The van der Waals surface area contributed by atoms with Gasteiger partial charge in [-0.2, -0.15) is 9.29 Å². The molecule has 0 saturated carbocycles. The van der Waals surface area contributed by atoms with Gasteiger partial charge in [-0.1, -0.05) is 22.9 Å². The number of amides is 1. The number of rotatable bonds is 5. The van der Waals surface area contributed by atoms with Gasteiger partial charge in [0.2, 0.25) is 5.88 Å². The Morgan fingerprint density at radius 1 is 1.29 bits per heavy atom. The highest BCUT2D eigenvalue weighted by Gasteiger charge is 2.33. The minimum absolute atomic E-state index is 0.0119. The molecule has 0 aromatic carbocycles. The van der Waals surface area contributed by atoms with Crippen molar-refractivity contribution in [2.75, 3.05) is 13.1 Å². The zero-order valence-corrected chi connectivity index (χ0v) is 18.6. The molecule has 31 heavy (non-hydrogen) atoms. The number of thiophene rings is 1. The molecule has 0 unspecified atom stereocenters. The minimum atomic E-state index is -3.78. The average Bonchev–Trinajstić information content (AvgIpc) is 3.29. The third kappa shape index (κ3) is 3.80. The largest absolute Gasteiger partial charge is 0.492 e. The molecule has 1 amide bonds. The predicted molar refractivity (Wildman–Crippen MR) is 112 cm³/mol. The summed E-state index contributed by atoms with van der Waals surface area (Å²) < 4.78 is 28.6. The second-order valence-electron chi connectivity index (χ2n) is 6.43. The van der Waals surface area contributed by atoms with Crippen LogP contribution in [0.1, 0.15) is 20.9 Å². The molecule has 15 heteroatoms. The Kier molecular flexibility index (Phi) is 5.51. The molecule has 0 fully saturated rings. The van der Waals surface area contributed by atoms with Crippen molar-refractivity contribution >= 4 is 61.1 Å². The second kappa shape index (κ2) is 7.87. The van der Waals surface area contributed by atoms with Crippen molar-refractivity contribution in [3.05, 3.63) is 43.0 Å². The van der Waals surface area contributed by atoms with Crippen molar-refractivity contribution in [3.8, 4) is 5.88 Å². The van der Waals surface area contributed by atoms with Crippen LogP contribution in [0, 0.1) is 0 Å². The quantitative estimate of drug-likeness (QED) is 0.458. The van der Waals surface area contributed by atoms with E-state index in [2.05, 4.69) is 4.98 Å². The number of aliphatic carboxylic acids is 1. The lowest BCUT2D eigenvalue weighted by atomic mass is 10.2. The summed E-state index contributed by atoms with van der Waals surface area (Å²) in [4.78, 5) is 40.2. The van der Waals surface area contributed by atoms with Crippen molar-refractivity contribution in [2.24, 2.45) is 0 Å². The van der Waals surface area contributed by atoms with Gasteiger partial charge in [-0.25, -0.2) is 8.42 Å². The van der Waals surface area contributed by atoms with E-state index in [1.807, 2.05) is 5.32 Å². The molecule has 164 valence electrons. The van der Waals surface area contributed by atoms with E-state index >= 15 is 0 Å². The molecule has 1 aliphatic rings. The first-order chi connectivity index (χ1) is 14.6. The number of hydrogen-bond donors (Lipinski definition) is 3. The van der Waals surface area contributed by atoms with Crippen molar-refractivity contribution in [1.29, 1.82) is 0 Å². The molecule has 4 rings (SSSR count). The Labute approximate surface area is 187 Å². The van der Waals surface area contributed by atoms with Gasteiger partial charge < -0.3 is 15.5 Å². The molecule has 3 aromatic rings. The SMILES string of the molecule is O=C(O)CNC(=O)c1c(O)nc2sc3c(n2c1=O)CCN(S(=O)(=O)c1ccc(Cl)s1)C3. The maximum absolute atomic E-state index is 12.9. The van der Waals surface area contributed by atoms with Crippen LogP contribution in [0.25, 0.3) is 4.96 Å². The van der Waals surface area contributed by atoms with E-state index in [0.29, 0.717) is 14.9 Å². The Balaban J connectivity index is 1.73. The number of fused-ring (bicyclic) bond motifs is 3. The summed E-state index contributed by atoms with van der Waals surface area (Å²) in [5, 5.41) is 20.8. The van der Waals surface area contributed by atoms with Crippen LogP contribution in [0.4, 0.5) is 0 Å². The van der Waals surface area contributed by atoms with Crippen molar-refractivity contribution in [3.63, 3.8) is 0 Å². The van der Waals surface area contributed by atoms with E-state index in [1.165, 1.54) is 16.4 Å². The van der Waals surface area contributed by atoms with Crippen molar-refractivity contribution in [2.45, 2.75) is 17.2 Å². The maximum Gasteiger partial charge on any atom is 0.322 e. The van der Waals surface area contributed by atoms with Gasteiger partial charge in [0.1, 0.15) is 10.8 Å². The Morgan fingerprint density at radius 3 is 2.68 bits per heavy atom. The number of sulfonamides is 1. The second-order valence-corrected chi connectivity index (χ2v) is 11.4.